The van der Waals surface area contributed by atoms with Crippen molar-refractivity contribution in [2.45, 2.75) is 27.7 Å². The van der Waals surface area contributed by atoms with Crippen molar-refractivity contribution in [3.05, 3.63) is 105 Å². The minimum Gasteiger partial charge on any atom is -0.192 e. The van der Waals surface area contributed by atoms with Gasteiger partial charge in [0.15, 0.2) is 0 Å². The number of nitriles is 2. The van der Waals surface area contributed by atoms with Gasteiger partial charge in [0.05, 0.1) is 23.3 Å². The molecule has 3 aromatic carbocycles. The topological polar surface area (TPSA) is 47.6 Å². The van der Waals surface area contributed by atoms with Crippen LogP contribution in [0.1, 0.15) is 44.5 Å². The Balaban J connectivity index is 2.11. The summed E-state index contributed by atoms with van der Waals surface area (Å²) in [6.45, 7) is 8.13. The van der Waals surface area contributed by atoms with Gasteiger partial charge in [-0.05, 0) is 73.2 Å². The van der Waals surface area contributed by atoms with Crippen LogP contribution in [0, 0.1) is 50.4 Å². The minimum absolute atomic E-state index is 0.610. The molecule has 0 spiro atoms. The molecule has 2 nitrogen and oxygen atoms in total. The SMILES string of the molecule is Cc1ccc(C(C#N)=Cc2ccccc2C=C(C#N)c2ccc(C)cc2C)c(C)c1. The Kier molecular flexibility index (Phi) is 6.31. The van der Waals surface area contributed by atoms with E-state index in [1.54, 1.807) is 0 Å². The standard InChI is InChI=1S/C28H24N2/c1-19-9-11-27(21(3)13-19)25(17-29)15-23-7-5-6-8-24(23)16-26(18-30)28-12-10-20(2)14-22(28)4/h5-16H,1-4H3. The average molecular weight is 389 g/mol. The van der Waals surface area contributed by atoms with E-state index in [1.165, 1.54) is 11.1 Å². The first kappa shape index (κ1) is 20.8. The van der Waals surface area contributed by atoms with Gasteiger partial charge in [0, 0.05) is 0 Å². The third-order valence-corrected chi connectivity index (χ3v) is 5.18. The van der Waals surface area contributed by atoms with Gasteiger partial charge >= 0.3 is 0 Å². The molecule has 0 aliphatic rings. The first-order valence-electron chi connectivity index (χ1n) is 9.91. The molecule has 2 heteroatoms. The summed E-state index contributed by atoms with van der Waals surface area (Å²) in [4.78, 5) is 0. The molecule has 30 heavy (non-hydrogen) atoms. The van der Waals surface area contributed by atoms with E-state index in [4.69, 9.17) is 0 Å². The highest BCUT2D eigenvalue weighted by Crippen LogP contribution is 2.27. The van der Waals surface area contributed by atoms with Crippen molar-refractivity contribution in [3.63, 3.8) is 0 Å². The maximum atomic E-state index is 9.81. The second kappa shape index (κ2) is 9.08. The predicted molar refractivity (Wildman–Crippen MR) is 125 cm³/mol. The molecule has 0 atom stereocenters. The molecule has 0 saturated carbocycles. The predicted octanol–water partition coefficient (Wildman–Crippen LogP) is 7.05. The lowest BCUT2D eigenvalue weighted by atomic mass is 9.94. The van der Waals surface area contributed by atoms with Crippen LogP contribution in [0.4, 0.5) is 0 Å². The average Bonchev–Trinajstić information content (AvgIpc) is 2.72. The molecule has 0 N–H and O–H groups in total. The van der Waals surface area contributed by atoms with Crippen molar-refractivity contribution in [3.8, 4) is 12.1 Å². The molecule has 0 heterocycles. The van der Waals surface area contributed by atoms with Crippen LogP contribution < -0.4 is 0 Å². The number of rotatable bonds is 4. The quantitative estimate of drug-likeness (QED) is 0.355. The monoisotopic (exact) mass is 388 g/mol. The van der Waals surface area contributed by atoms with Crippen LogP contribution in [0.25, 0.3) is 23.3 Å². The van der Waals surface area contributed by atoms with Crippen LogP contribution in [0.2, 0.25) is 0 Å². The van der Waals surface area contributed by atoms with E-state index in [-0.39, 0.29) is 0 Å². The molecule has 0 fully saturated rings. The van der Waals surface area contributed by atoms with E-state index in [0.717, 1.165) is 33.4 Å². The van der Waals surface area contributed by atoms with Gasteiger partial charge in [-0.3, -0.25) is 0 Å². The van der Waals surface area contributed by atoms with Gasteiger partial charge in [-0.15, -0.1) is 0 Å². The van der Waals surface area contributed by atoms with E-state index < -0.39 is 0 Å². The van der Waals surface area contributed by atoms with E-state index in [0.29, 0.717) is 11.1 Å². The molecule has 0 aliphatic heterocycles. The Hall–Kier alpha value is -3.88. The van der Waals surface area contributed by atoms with Crippen molar-refractivity contribution in [2.24, 2.45) is 0 Å². The largest absolute Gasteiger partial charge is 0.192 e. The molecule has 0 aromatic heterocycles. The molecule has 0 unspecified atom stereocenters. The molecule has 0 saturated heterocycles. The number of allylic oxidation sites excluding steroid dienone is 2. The highest BCUT2D eigenvalue weighted by atomic mass is 14.3. The van der Waals surface area contributed by atoms with Crippen LogP contribution in [-0.4, -0.2) is 0 Å². The Morgan fingerprint density at radius 2 is 1.03 bits per heavy atom. The molecule has 146 valence electrons. The van der Waals surface area contributed by atoms with Crippen LogP contribution >= 0.6 is 0 Å². The second-order valence-corrected chi connectivity index (χ2v) is 7.61. The molecule has 3 aromatic rings. The Morgan fingerprint density at radius 3 is 1.37 bits per heavy atom. The van der Waals surface area contributed by atoms with E-state index >= 15 is 0 Å². The van der Waals surface area contributed by atoms with Crippen LogP contribution in [-0.2, 0) is 0 Å². The van der Waals surface area contributed by atoms with Gasteiger partial charge in [0.25, 0.3) is 0 Å². The summed E-state index contributed by atoms with van der Waals surface area (Å²) in [5.41, 5.74) is 9.38. The zero-order chi connectivity index (χ0) is 21.7. The highest BCUT2D eigenvalue weighted by molar-refractivity contribution is 5.96. The van der Waals surface area contributed by atoms with Gasteiger partial charge in [-0.2, -0.15) is 10.5 Å². The van der Waals surface area contributed by atoms with E-state index in [9.17, 15) is 10.5 Å². The molecular weight excluding hydrogens is 364 g/mol. The number of nitrogens with zero attached hydrogens (tertiary/aromatic N) is 2. The normalized spacial score (nSPS) is 11.7. The molecule has 0 radical (unpaired) electrons. The van der Waals surface area contributed by atoms with E-state index in [1.807, 2.05) is 88.4 Å². The number of benzene rings is 3. The zero-order valence-electron chi connectivity index (χ0n) is 17.8. The van der Waals surface area contributed by atoms with E-state index in [2.05, 4.69) is 24.3 Å². The lowest BCUT2D eigenvalue weighted by Crippen LogP contribution is -1.91. The van der Waals surface area contributed by atoms with Gasteiger partial charge in [-0.1, -0.05) is 71.8 Å². The van der Waals surface area contributed by atoms with Crippen LogP contribution in [0.15, 0.2) is 60.7 Å². The maximum absolute atomic E-state index is 9.81. The van der Waals surface area contributed by atoms with Gasteiger partial charge in [0.2, 0.25) is 0 Å². The van der Waals surface area contributed by atoms with Gasteiger partial charge < -0.3 is 0 Å². The fraction of sp³-hybridized carbons (Fsp3) is 0.143. The fourth-order valence-electron chi connectivity index (χ4n) is 3.66. The third kappa shape index (κ3) is 4.57. The van der Waals surface area contributed by atoms with Crippen molar-refractivity contribution in [2.75, 3.05) is 0 Å². The van der Waals surface area contributed by atoms with Crippen molar-refractivity contribution >= 4 is 23.3 Å². The summed E-state index contributed by atoms with van der Waals surface area (Å²) >= 11 is 0. The zero-order valence-corrected chi connectivity index (χ0v) is 17.8. The molecule has 0 aliphatic carbocycles. The lowest BCUT2D eigenvalue weighted by molar-refractivity contribution is 1.36. The number of aryl methyl sites for hydroxylation is 4. The number of hydrogen-bond acceptors (Lipinski definition) is 2. The third-order valence-electron chi connectivity index (χ3n) is 5.18. The first-order chi connectivity index (χ1) is 14.4. The molecule has 0 amide bonds. The molecule has 0 bridgehead atoms. The first-order valence-corrected chi connectivity index (χ1v) is 9.91. The van der Waals surface area contributed by atoms with Crippen LogP contribution in [0.5, 0.6) is 0 Å². The fourth-order valence-corrected chi connectivity index (χ4v) is 3.66. The van der Waals surface area contributed by atoms with Crippen LogP contribution in [0.3, 0.4) is 0 Å². The maximum Gasteiger partial charge on any atom is 0.0998 e. The summed E-state index contributed by atoms with van der Waals surface area (Å²) in [5.74, 6) is 0. The van der Waals surface area contributed by atoms with Crippen molar-refractivity contribution in [1.82, 2.24) is 0 Å². The molecule has 3 rings (SSSR count). The molecular formula is C28H24N2. The summed E-state index contributed by atoms with van der Waals surface area (Å²) < 4.78 is 0. The van der Waals surface area contributed by atoms with Gasteiger partial charge in [-0.25, -0.2) is 0 Å². The lowest BCUT2D eigenvalue weighted by Gasteiger charge is -2.09. The Labute approximate surface area is 179 Å². The van der Waals surface area contributed by atoms with Crippen molar-refractivity contribution in [1.29, 1.82) is 10.5 Å². The minimum atomic E-state index is 0.610. The summed E-state index contributed by atoms with van der Waals surface area (Å²) in [6, 6.07) is 24.7. The summed E-state index contributed by atoms with van der Waals surface area (Å²) in [5, 5.41) is 19.6. The Bertz CT molecular complexity index is 1150. The second-order valence-electron chi connectivity index (χ2n) is 7.61. The summed E-state index contributed by atoms with van der Waals surface area (Å²) in [7, 11) is 0. The number of hydrogen-bond donors (Lipinski definition) is 0. The van der Waals surface area contributed by atoms with Gasteiger partial charge in [0.1, 0.15) is 0 Å². The Morgan fingerprint density at radius 1 is 0.633 bits per heavy atom. The van der Waals surface area contributed by atoms with Crippen molar-refractivity contribution < 1.29 is 0 Å². The summed E-state index contributed by atoms with van der Waals surface area (Å²) in [6.07, 6.45) is 3.81. The highest BCUT2D eigenvalue weighted by Gasteiger charge is 2.09. The smallest absolute Gasteiger partial charge is 0.0998 e.